The number of nitro groups is 1. The third kappa shape index (κ3) is 5.51. The smallest absolute Gasteiger partial charge is 0.339 e. The molecule has 3 rings (SSSR count). The number of esters is 2. The molecule has 10 nitrogen and oxygen atoms in total. The lowest BCUT2D eigenvalue weighted by Gasteiger charge is -2.10. The lowest BCUT2D eigenvalue weighted by atomic mass is 10.1. The van der Waals surface area contributed by atoms with Gasteiger partial charge in [-0.25, -0.2) is 13.2 Å². The molecule has 34 heavy (non-hydrogen) atoms. The highest BCUT2D eigenvalue weighted by Crippen LogP contribution is 2.26. The molecule has 11 heteroatoms. The van der Waals surface area contributed by atoms with Gasteiger partial charge in [0.1, 0.15) is 5.75 Å². The molecule has 0 fully saturated rings. The molecule has 174 valence electrons. The van der Waals surface area contributed by atoms with Gasteiger partial charge in [0.25, 0.3) is 5.69 Å². The summed E-state index contributed by atoms with van der Waals surface area (Å²) in [4.78, 5) is 45.4. The number of rotatable bonds is 8. The third-order valence-corrected chi connectivity index (χ3v) is 6.35. The summed E-state index contributed by atoms with van der Waals surface area (Å²) in [6, 6.07) is 15.1. The first-order chi connectivity index (χ1) is 16.1. The van der Waals surface area contributed by atoms with Gasteiger partial charge in [-0.1, -0.05) is 12.1 Å². The van der Waals surface area contributed by atoms with Gasteiger partial charge in [0.2, 0.25) is 9.84 Å². The molecule has 0 radical (unpaired) electrons. The van der Waals surface area contributed by atoms with Crippen molar-refractivity contribution < 1.29 is 37.2 Å². The Morgan fingerprint density at radius 2 is 1.53 bits per heavy atom. The number of Topliss-reactive ketones (excluding diaryl/α,β-unsaturated/α-hetero) is 1. The zero-order chi connectivity index (χ0) is 24.9. The first kappa shape index (κ1) is 24.3. The van der Waals surface area contributed by atoms with E-state index in [1.165, 1.54) is 55.5 Å². The highest BCUT2D eigenvalue weighted by Gasteiger charge is 2.26. The Labute approximate surface area is 193 Å². The molecule has 0 N–H and O–H groups in total. The molecule has 0 heterocycles. The van der Waals surface area contributed by atoms with Crippen molar-refractivity contribution >= 4 is 33.2 Å². The number of nitro benzene ring substituents is 1. The van der Waals surface area contributed by atoms with Crippen molar-refractivity contribution in [3.8, 4) is 5.75 Å². The molecule has 0 aliphatic rings. The van der Waals surface area contributed by atoms with E-state index in [9.17, 15) is 32.9 Å². The van der Waals surface area contributed by atoms with E-state index in [1.54, 1.807) is 0 Å². The molecule has 3 aromatic carbocycles. The number of hydrogen-bond acceptors (Lipinski definition) is 9. The van der Waals surface area contributed by atoms with Crippen molar-refractivity contribution in [1.82, 2.24) is 0 Å². The Bertz CT molecular complexity index is 1360. The van der Waals surface area contributed by atoms with Crippen molar-refractivity contribution in [2.75, 3.05) is 6.61 Å². The monoisotopic (exact) mass is 483 g/mol. The fourth-order valence-corrected chi connectivity index (χ4v) is 4.36. The van der Waals surface area contributed by atoms with E-state index in [1.807, 2.05) is 0 Å². The molecule has 0 aromatic heterocycles. The summed E-state index contributed by atoms with van der Waals surface area (Å²) in [6.07, 6.45) is 0. The molecule has 0 aliphatic carbocycles. The maximum atomic E-state index is 13.0. The van der Waals surface area contributed by atoms with Crippen molar-refractivity contribution in [3.63, 3.8) is 0 Å². The molecule has 0 amide bonds. The van der Waals surface area contributed by atoms with Crippen molar-refractivity contribution in [2.24, 2.45) is 0 Å². The Morgan fingerprint density at radius 1 is 0.912 bits per heavy atom. The van der Waals surface area contributed by atoms with Gasteiger partial charge in [-0.2, -0.15) is 0 Å². The van der Waals surface area contributed by atoms with E-state index in [0.29, 0.717) is 0 Å². The van der Waals surface area contributed by atoms with E-state index in [2.05, 4.69) is 0 Å². The van der Waals surface area contributed by atoms with Crippen LogP contribution in [0, 0.1) is 10.1 Å². The number of hydrogen-bond donors (Lipinski definition) is 0. The standard InChI is InChI=1S/C23H17NO9S/c1-15(25)33-18-10-6-16(7-11-18)21(26)14-32-23(27)20-4-2-3-5-22(20)34(30,31)19-12-8-17(9-13-19)24(28)29/h2-13H,14H2,1H3. The van der Waals surface area contributed by atoms with Crippen molar-refractivity contribution in [2.45, 2.75) is 16.7 Å². The number of non-ortho nitro benzene ring substituents is 1. The summed E-state index contributed by atoms with van der Waals surface area (Å²) in [7, 11) is -4.21. The number of ether oxygens (including phenoxy) is 2. The van der Waals surface area contributed by atoms with E-state index >= 15 is 0 Å². The lowest BCUT2D eigenvalue weighted by molar-refractivity contribution is -0.384. The van der Waals surface area contributed by atoms with Gasteiger partial charge in [0.15, 0.2) is 12.4 Å². The number of carbonyl (C=O) groups excluding carboxylic acids is 3. The molecular formula is C23H17NO9S. The number of ketones is 1. The summed E-state index contributed by atoms with van der Waals surface area (Å²) in [5.74, 6) is -1.87. The zero-order valence-corrected chi connectivity index (χ0v) is 18.5. The molecule has 0 saturated heterocycles. The molecule has 0 atom stereocenters. The van der Waals surface area contributed by atoms with Crippen molar-refractivity contribution in [3.05, 3.63) is 94.0 Å². The molecule has 0 spiro atoms. The van der Waals surface area contributed by atoms with Crippen LogP contribution < -0.4 is 4.74 Å². The second-order valence-electron chi connectivity index (χ2n) is 6.87. The predicted molar refractivity (Wildman–Crippen MR) is 117 cm³/mol. The summed E-state index contributed by atoms with van der Waals surface area (Å²) in [5, 5.41) is 10.8. The normalized spacial score (nSPS) is 10.9. The fourth-order valence-electron chi connectivity index (χ4n) is 2.91. The molecular weight excluding hydrogens is 466 g/mol. The van der Waals surface area contributed by atoms with Gasteiger partial charge in [-0.05, 0) is 48.5 Å². The number of nitrogens with zero attached hydrogens (tertiary/aromatic N) is 1. The Morgan fingerprint density at radius 3 is 2.12 bits per heavy atom. The van der Waals surface area contributed by atoms with Crippen LogP contribution >= 0.6 is 0 Å². The summed E-state index contributed by atoms with van der Waals surface area (Å²) in [5.41, 5.74) is -0.389. The van der Waals surface area contributed by atoms with Crippen LogP contribution in [0.15, 0.2) is 82.6 Å². The fraction of sp³-hybridized carbons (Fsp3) is 0.0870. The Balaban J connectivity index is 1.77. The molecule has 0 unspecified atom stereocenters. The van der Waals surface area contributed by atoms with Crippen molar-refractivity contribution in [1.29, 1.82) is 0 Å². The first-order valence-corrected chi connectivity index (χ1v) is 11.2. The minimum atomic E-state index is -4.21. The second kappa shape index (κ2) is 10.0. The van der Waals surface area contributed by atoms with E-state index < -0.39 is 39.1 Å². The zero-order valence-electron chi connectivity index (χ0n) is 17.7. The first-order valence-electron chi connectivity index (χ1n) is 9.67. The molecule has 3 aromatic rings. The summed E-state index contributed by atoms with van der Waals surface area (Å²) in [6.45, 7) is 0.579. The quantitative estimate of drug-likeness (QED) is 0.155. The number of carbonyl (C=O) groups is 3. The van der Waals surface area contributed by atoms with Crippen LogP contribution in [0.4, 0.5) is 5.69 Å². The number of benzene rings is 3. The van der Waals surface area contributed by atoms with Crippen LogP contribution in [0.1, 0.15) is 27.6 Å². The SMILES string of the molecule is CC(=O)Oc1ccc(C(=O)COC(=O)c2ccccc2S(=O)(=O)c2ccc([N+](=O)[O-])cc2)cc1. The van der Waals surface area contributed by atoms with Gasteiger partial charge in [-0.15, -0.1) is 0 Å². The van der Waals surface area contributed by atoms with Crippen LogP contribution in [0.2, 0.25) is 0 Å². The van der Waals surface area contributed by atoms with Gasteiger partial charge in [0, 0.05) is 24.6 Å². The maximum Gasteiger partial charge on any atom is 0.339 e. The minimum Gasteiger partial charge on any atom is -0.454 e. The van der Waals surface area contributed by atoms with Gasteiger partial charge in [-0.3, -0.25) is 19.7 Å². The van der Waals surface area contributed by atoms with Crippen LogP contribution in [-0.2, 0) is 19.4 Å². The van der Waals surface area contributed by atoms with E-state index in [-0.39, 0.29) is 32.4 Å². The Kier molecular flexibility index (Phi) is 7.17. The largest absolute Gasteiger partial charge is 0.454 e. The van der Waals surface area contributed by atoms with E-state index in [4.69, 9.17) is 9.47 Å². The molecule has 0 aliphatic heterocycles. The van der Waals surface area contributed by atoms with Crippen LogP contribution in [0.25, 0.3) is 0 Å². The topological polar surface area (TPSA) is 147 Å². The molecule has 0 bridgehead atoms. The van der Waals surface area contributed by atoms with Gasteiger partial charge in [0.05, 0.1) is 20.3 Å². The minimum absolute atomic E-state index is 0.190. The third-order valence-electron chi connectivity index (χ3n) is 4.53. The highest BCUT2D eigenvalue weighted by atomic mass is 32.2. The summed E-state index contributed by atoms with van der Waals surface area (Å²) < 4.78 is 36.0. The van der Waals surface area contributed by atoms with Gasteiger partial charge < -0.3 is 9.47 Å². The van der Waals surface area contributed by atoms with Crippen LogP contribution in [0.5, 0.6) is 5.75 Å². The summed E-state index contributed by atoms with van der Waals surface area (Å²) >= 11 is 0. The van der Waals surface area contributed by atoms with Crippen LogP contribution in [-0.4, -0.2) is 37.7 Å². The second-order valence-corrected chi connectivity index (χ2v) is 8.79. The average Bonchev–Trinajstić information content (AvgIpc) is 2.82. The van der Waals surface area contributed by atoms with Gasteiger partial charge >= 0.3 is 11.9 Å². The predicted octanol–water partition coefficient (Wildman–Crippen LogP) is 3.39. The molecule has 0 saturated carbocycles. The highest BCUT2D eigenvalue weighted by molar-refractivity contribution is 7.91. The van der Waals surface area contributed by atoms with Crippen LogP contribution in [0.3, 0.4) is 0 Å². The maximum absolute atomic E-state index is 13.0. The lowest BCUT2D eigenvalue weighted by Crippen LogP contribution is -2.17. The number of sulfone groups is 1. The average molecular weight is 483 g/mol. The van der Waals surface area contributed by atoms with E-state index in [0.717, 1.165) is 24.3 Å². The Hall–Kier alpha value is -4.38.